The van der Waals surface area contributed by atoms with Gasteiger partial charge in [0, 0.05) is 12.2 Å². The quantitative estimate of drug-likeness (QED) is 0.860. The summed E-state index contributed by atoms with van der Waals surface area (Å²) >= 11 is 0. The molecule has 0 bridgehead atoms. The van der Waals surface area contributed by atoms with Gasteiger partial charge in [0.05, 0.1) is 5.56 Å². The van der Waals surface area contributed by atoms with Crippen LogP contribution in [0, 0.1) is 11.2 Å². The van der Waals surface area contributed by atoms with Gasteiger partial charge in [0.1, 0.15) is 5.82 Å². The molecular weight excluding hydrogens is 233 g/mol. The first-order valence-corrected chi connectivity index (χ1v) is 6.27. The predicted octanol–water partition coefficient (Wildman–Crippen LogP) is 3.52. The van der Waals surface area contributed by atoms with Crippen molar-refractivity contribution >= 4 is 11.7 Å². The number of carbonyl (C=O) groups is 1. The van der Waals surface area contributed by atoms with Crippen LogP contribution in [0.3, 0.4) is 0 Å². The van der Waals surface area contributed by atoms with E-state index in [1.54, 1.807) is 0 Å². The van der Waals surface area contributed by atoms with Crippen LogP contribution in [-0.4, -0.2) is 17.6 Å². The average molecular weight is 251 g/mol. The van der Waals surface area contributed by atoms with Gasteiger partial charge < -0.3 is 10.4 Å². The van der Waals surface area contributed by atoms with Gasteiger partial charge in [-0.15, -0.1) is 0 Å². The molecule has 1 aliphatic rings. The highest BCUT2D eigenvalue weighted by atomic mass is 19.1. The zero-order valence-corrected chi connectivity index (χ0v) is 10.5. The van der Waals surface area contributed by atoms with Crippen molar-refractivity contribution in [3.8, 4) is 0 Å². The SMILES string of the molecule is CC1(CNc2ccc(F)cc2C(=O)O)CCCC1. The highest BCUT2D eigenvalue weighted by Gasteiger charge is 2.28. The van der Waals surface area contributed by atoms with Crippen molar-refractivity contribution in [1.29, 1.82) is 0 Å². The van der Waals surface area contributed by atoms with E-state index in [1.165, 1.54) is 25.0 Å². The molecule has 0 atom stereocenters. The van der Waals surface area contributed by atoms with Crippen LogP contribution in [0.4, 0.5) is 10.1 Å². The average Bonchev–Trinajstić information content (AvgIpc) is 2.75. The third-order valence-electron chi connectivity index (χ3n) is 3.73. The molecule has 0 aliphatic heterocycles. The van der Waals surface area contributed by atoms with Gasteiger partial charge in [0.15, 0.2) is 0 Å². The minimum atomic E-state index is -1.10. The zero-order valence-electron chi connectivity index (χ0n) is 10.5. The first-order chi connectivity index (χ1) is 8.50. The van der Waals surface area contributed by atoms with Crippen LogP contribution in [0.15, 0.2) is 18.2 Å². The third-order valence-corrected chi connectivity index (χ3v) is 3.73. The van der Waals surface area contributed by atoms with Crippen molar-refractivity contribution in [2.75, 3.05) is 11.9 Å². The number of aromatic carboxylic acids is 1. The first kappa shape index (κ1) is 12.9. The lowest BCUT2D eigenvalue weighted by Crippen LogP contribution is -2.23. The van der Waals surface area contributed by atoms with Crippen LogP contribution in [-0.2, 0) is 0 Å². The Bertz CT molecular complexity index is 453. The van der Waals surface area contributed by atoms with Crippen molar-refractivity contribution < 1.29 is 14.3 Å². The van der Waals surface area contributed by atoms with Gasteiger partial charge in [0.2, 0.25) is 0 Å². The lowest BCUT2D eigenvalue weighted by Gasteiger charge is -2.24. The molecular formula is C14H18FNO2. The van der Waals surface area contributed by atoms with Crippen molar-refractivity contribution in [1.82, 2.24) is 0 Å². The summed E-state index contributed by atoms with van der Waals surface area (Å²) in [6, 6.07) is 3.84. The van der Waals surface area contributed by atoms with Gasteiger partial charge in [-0.2, -0.15) is 0 Å². The Hall–Kier alpha value is -1.58. The molecule has 0 saturated heterocycles. The molecule has 0 amide bonds. The largest absolute Gasteiger partial charge is 0.478 e. The van der Waals surface area contributed by atoms with E-state index in [9.17, 15) is 9.18 Å². The van der Waals surface area contributed by atoms with Gasteiger partial charge in [-0.3, -0.25) is 0 Å². The van der Waals surface area contributed by atoms with Gasteiger partial charge in [-0.25, -0.2) is 9.18 Å². The second-order valence-corrected chi connectivity index (χ2v) is 5.37. The molecule has 0 radical (unpaired) electrons. The highest BCUT2D eigenvalue weighted by molar-refractivity contribution is 5.94. The van der Waals surface area contributed by atoms with Gasteiger partial charge >= 0.3 is 5.97 Å². The molecule has 2 N–H and O–H groups in total. The smallest absolute Gasteiger partial charge is 0.337 e. The Labute approximate surface area is 106 Å². The van der Waals surface area contributed by atoms with Crippen LogP contribution in [0.2, 0.25) is 0 Å². The predicted molar refractivity (Wildman–Crippen MR) is 68.4 cm³/mol. The molecule has 0 unspecified atom stereocenters. The normalized spacial score (nSPS) is 17.7. The molecule has 1 saturated carbocycles. The molecule has 1 aliphatic carbocycles. The second-order valence-electron chi connectivity index (χ2n) is 5.37. The van der Waals surface area contributed by atoms with Crippen molar-refractivity contribution in [2.24, 2.45) is 5.41 Å². The molecule has 4 heteroatoms. The molecule has 1 aromatic rings. The molecule has 0 heterocycles. The number of rotatable bonds is 4. The number of halogens is 1. The number of nitrogens with one attached hydrogen (secondary N) is 1. The maximum Gasteiger partial charge on any atom is 0.337 e. The summed E-state index contributed by atoms with van der Waals surface area (Å²) in [4.78, 5) is 11.0. The first-order valence-electron chi connectivity index (χ1n) is 6.27. The lowest BCUT2D eigenvalue weighted by atomic mass is 9.89. The summed E-state index contributed by atoms with van der Waals surface area (Å²) in [7, 11) is 0. The highest BCUT2D eigenvalue weighted by Crippen LogP contribution is 2.37. The maximum atomic E-state index is 13.0. The Balaban J connectivity index is 2.11. The van der Waals surface area contributed by atoms with Crippen LogP contribution < -0.4 is 5.32 Å². The van der Waals surface area contributed by atoms with Crippen LogP contribution >= 0.6 is 0 Å². The molecule has 98 valence electrons. The Morgan fingerprint density at radius 2 is 2.11 bits per heavy atom. The number of hydrogen-bond acceptors (Lipinski definition) is 2. The summed E-state index contributed by atoms with van der Waals surface area (Å²) in [5.74, 6) is -1.63. The summed E-state index contributed by atoms with van der Waals surface area (Å²) in [6.07, 6.45) is 4.77. The van der Waals surface area contributed by atoms with E-state index in [0.29, 0.717) is 5.69 Å². The molecule has 18 heavy (non-hydrogen) atoms. The van der Waals surface area contributed by atoms with E-state index in [1.807, 2.05) is 0 Å². The third kappa shape index (κ3) is 2.81. The Morgan fingerprint density at radius 1 is 1.44 bits per heavy atom. The summed E-state index contributed by atoms with van der Waals surface area (Å²) < 4.78 is 13.0. The lowest BCUT2D eigenvalue weighted by molar-refractivity contribution is 0.0697. The van der Waals surface area contributed by atoms with E-state index >= 15 is 0 Å². The summed E-state index contributed by atoms with van der Waals surface area (Å²) in [5, 5.41) is 12.2. The van der Waals surface area contributed by atoms with Crippen molar-refractivity contribution in [2.45, 2.75) is 32.6 Å². The van der Waals surface area contributed by atoms with E-state index in [2.05, 4.69) is 12.2 Å². The van der Waals surface area contributed by atoms with E-state index in [4.69, 9.17) is 5.11 Å². The fraction of sp³-hybridized carbons (Fsp3) is 0.500. The van der Waals surface area contributed by atoms with E-state index in [0.717, 1.165) is 25.5 Å². The number of benzene rings is 1. The fourth-order valence-corrected chi connectivity index (χ4v) is 2.56. The summed E-state index contributed by atoms with van der Waals surface area (Å²) in [6.45, 7) is 2.94. The number of carboxylic acid groups (broad SMARTS) is 1. The van der Waals surface area contributed by atoms with E-state index < -0.39 is 11.8 Å². The molecule has 2 rings (SSSR count). The monoisotopic (exact) mass is 251 g/mol. The number of anilines is 1. The van der Waals surface area contributed by atoms with E-state index in [-0.39, 0.29) is 11.0 Å². The minimum Gasteiger partial charge on any atom is -0.478 e. The molecule has 1 fully saturated rings. The van der Waals surface area contributed by atoms with Crippen LogP contribution in [0.25, 0.3) is 0 Å². The van der Waals surface area contributed by atoms with Crippen molar-refractivity contribution in [3.05, 3.63) is 29.6 Å². The molecule has 1 aromatic carbocycles. The molecule has 3 nitrogen and oxygen atoms in total. The Kier molecular flexibility index (Phi) is 3.55. The maximum absolute atomic E-state index is 13.0. The summed E-state index contributed by atoms with van der Waals surface area (Å²) in [5.41, 5.74) is 0.720. The molecule has 0 aromatic heterocycles. The second kappa shape index (κ2) is 4.96. The van der Waals surface area contributed by atoms with Gasteiger partial charge in [0.25, 0.3) is 0 Å². The number of carboxylic acids is 1. The topological polar surface area (TPSA) is 49.3 Å². The van der Waals surface area contributed by atoms with Crippen molar-refractivity contribution in [3.63, 3.8) is 0 Å². The zero-order chi connectivity index (χ0) is 13.2. The fourth-order valence-electron chi connectivity index (χ4n) is 2.56. The Morgan fingerprint density at radius 3 is 2.72 bits per heavy atom. The van der Waals surface area contributed by atoms with Gasteiger partial charge in [-0.05, 0) is 36.5 Å². The van der Waals surface area contributed by atoms with Crippen LogP contribution in [0.5, 0.6) is 0 Å². The molecule has 0 spiro atoms. The standard InChI is InChI=1S/C14H18FNO2/c1-14(6-2-3-7-14)9-16-12-5-4-10(15)8-11(12)13(17)18/h4-5,8,16H,2-3,6-7,9H2,1H3,(H,17,18). The minimum absolute atomic E-state index is 0.00315. The van der Waals surface area contributed by atoms with Crippen LogP contribution in [0.1, 0.15) is 43.0 Å². The van der Waals surface area contributed by atoms with Gasteiger partial charge in [-0.1, -0.05) is 19.8 Å². The number of hydrogen-bond donors (Lipinski definition) is 2.